The van der Waals surface area contributed by atoms with Gasteiger partial charge in [0.05, 0.1) is 6.20 Å². The van der Waals surface area contributed by atoms with Crippen LogP contribution in [0.1, 0.15) is 0 Å². The van der Waals surface area contributed by atoms with Crippen LogP contribution < -0.4 is 4.67 Å². The van der Waals surface area contributed by atoms with Crippen LogP contribution in [0.25, 0.3) is 0 Å². The maximum atomic E-state index is 6.95. The molecule has 0 unspecified atom stereocenters. The number of nitrogens with zero attached hydrogens (tertiary/aromatic N) is 1. The zero-order valence-corrected chi connectivity index (χ0v) is 4.40. The summed E-state index contributed by atoms with van der Waals surface area (Å²) in [4.78, 5) is 3.71. The fourth-order valence-electron chi connectivity index (χ4n) is 0.280. The molecule has 3 heteroatoms. The predicted molar refractivity (Wildman–Crippen MR) is 28.0 cm³/mol. The van der Waals surface area contributed by atoms with Gasteiger partial charge in [-0.15, -0.1) is 11.3 Å². The topological polar surface area (TPSA) is 36.7 Å². The summed E-state index contributed by atoms with van der Waals surface area (Å²) in [5.41, 5.74) is 0. The molecule has 0 atom stereocenters. The lowest BCUT2D eigenvalue weighted by molar-refractivity contribution is 1.25. The Hall–Kier alpha value is -0.700. The molecule has 0 aromatic carbocycles. The van der Waals surface area contributed by atoms with Crippen molar-refractivity contribution >= 4 is 11.3 Å². The number of hydrogen-bond donors (Lipinski definition) is 1. The molecule has 0 aliphatic heterocycles. The second-order valence-corrected chi connectivity index (χ2v) is 1.99. The average Bonchev–Trinajstić information content (AvgIpc) is 1.69. The first-order valence-corrected chi connectivity index (χ1v) is 2.71. The summed E-state index contributed by atoms with van der Waals surface area (Å²) in [5.74, 6) is 0. The van der Waals surface area contributed by atoms with Crippen LogP contribution in [0.4, 0.5) is 0 Å². The minimum Gasteiger partial charge on any atom is -0.289 e. The lowest BCUT2D eigenvalue weighted by Crippen LogP contribution is -1.89. The van der Waals surface area contributed by atoms with Crippen molar-refractivity contribution in [3.63, 3.8) is 0 Å². The van der Waals surface area contributed by atoms with Crippen LogP contribution in [0.15, 0.2) is 17.8 Å². The quantitative estimate of drug-likeness (QED) is 0.525. The lowest BCUT2D eigenvalue weighted by Gasteiger charge is -1.72. The molecule has 0 amide bonds. The van der Waals surface area contributed by atoms with Crippen molar-refractivity contribution in [3.8, 4) is 0 Å². The Bertz CT molecular complexity index is 175. The number of aromatic nitrogens is 1. The Labute approximate surface area is 45.0 Å². The maximum Gasteiger partial charge on any atom is 0.126 e. The van der Waals surface area contributed by atoms with Gasteiger partial charge in [-0.3, -0.25) is 10.4 Å². The molecule has 0 aliphatic rings. The Kier molecular flexibility index (Phi) is 1.17. The molecular formula is C4H4N2S. The number of rotatable bonds is 0. The molecule has 36 valence electrons. The Morgan fingerprint density at radius 2 is 2.57 bits per heavy atom. The van der Waals surface area contributed by atoms with Crippen LogP contribution >= 0.6 is 11.3 Å². The van der Waals surface area contributed by atoms with Gasteiger partial charge in [0.1, 0.15) is 4.67 Å². The van der Waals surface area contributed by atoms with Crippen LogP contribution in [0, 0.1) is 5.41 Å². The SMILES string of the molecule is N=c1cnccs1. The minimum atomic E-state index is 0.502. The van der Waals surface area contributed by atoms with Crippen LogP contribution in [0.3, 0.4) is 0 Å². The number of hydrogen-bond acceptors (Lipinski definition) is 3. The molecular weight excluding hydrogens is 108 g/mol. The molecule has 0 spiro atoms. The standard InChI is InChI=1S/C4H4N2S/c5-4-3-6-1-2-7-4/h1-3,5H. The minimum absolute atomic E-state index is 0.502. The summed E-state index contributed by atoms with van der Waals surface area (Å²) in [6.45, 7) is 0. The molecule has 0 aliphatic carbocycles. The van der Waals surface area contributed by atoms with Crippen molar-refractivity contribution in [1.82, 2.24) is 4.98 Å². The van der Waals surface area contributed by atoms with E-state index in [0.717, 1.165) is 0 Å². The van der Waals surface area contributed by atoms with Crippen molar-refractivity contribution in [3.05, 3.63) is 22.4 Å². The van der Waals surface area contributed by atoms with Gasteiger partial charge < -0.3 is 0 Å². The van der Waals surface area contributed by atoms with E-state index >= 15 is 0 Å². The van der Waals surface area contributed by atoms with Crippen molar-refractivity contribution in [1.29, 1.82) is 5.41 Å². The first kappa shape index (κ1) is 4.46. The van der Waals surface area contributed by atoms with Crippen LogP contribution in [-0.4, -0.2) is 4.98 Å². The summed E-state index contributed by atoms with van der Waals surface area (Å²) in [6, 6.07) is 0. The van der Waals surface area contributed by atoms with Crippen molar-refractivity contribution < 1.29 is 0 Å². The van der Waals surface area contributed by atoms with Crippen molar-refractivity contribution in [2.75, 3.05) is 0 Å². The molecule has 1 aromatic rings. The highest BCUT2D eigenvalue weighted by Gasteiger charge is 1.68. The van der Waals surface area contributed by atoms with Gasteiger partial charge in [0.2, 0.25) is 0 Å². The second kappa shape index (κ2) is 1.84. The third kappa shape index (κ3) is 1.08. The van der Waals surface area contributed by atoms with E-state index in [4.69, 9.17) is 5.41 Å². The second-order valence-electron chi connectivity index (χ2n) is 1.05. The average molecular weight is 112 g/mol. The summed E-state index contributed by atoms with van der Waals surface area (Å²) in [5, 5.41) is 8.73. The van der Waals surface area contributed by atoms with Gasteiger partial charge in [-0.1, -0.05) is 0 Å². The van der Waals surface area contributed by atoms with Gasteiger partial charge in [-0.05, 0) is 0 Å². The summed E-state index contributed by atoms with van der Waals surface area (Å²) in [7, 11) is 0. The molecule has 0 fully saturated rings. The van der Waals surface area contributed by atoms with Gasteiger partial charge in [-0.2, -0.15) is 0 Å². The molecule has 0 saturated carbocycles. The van der Waals surface area contributed by atoms with Crippen molar-refractivity contribution in [2.24, 2.45) is 0 Å². The fraction of sp³-hybridized carbons (Fsp3) is 0. The molecule has 0 bridgehead atoms. The van der Waals surface area contributed by atoms with Crippen LogP contribution in [0.2, 0.25) is 0 Å². The molecule has 1 aromatic heterocycles. The Balaban J connectivity index is 3.28. The molecule has 0 saturated heterocycles. The Morgan fingerprint density at radius 1 is 1.71 bits per heavy atom. The van der Waals surface area contributed by atoms with E-state index in [2.05, 4.69) is 4.98 Å². The highest BCUT2D eigenvalue weighted by molar-refractivity contribution is 7.06. The van der Waals surface area contributed by atoms with Crippen LogP contribution in [-0.2, 0) is 0 Å². The normalized spacial score (nSPS) is 8.57. The number of nitrogens with one attached hydrogen (secondary N) is 1. The highest BCUT2D eigenvalue weighted by Crippen LogP contribution is 1.76. The van der Waals surface area contributed by atoms with E-state index < -0.39 is 0 Å². The van der Waals surface area contributed by atoms with E-state index in [1.165, 1.54) is 17.5 Å². The van der Waals surface area contributed by atoms with Crippen LogP contribution in [0.5, 0.6) is 0 Å². The lowest BCUT2D eigenvalue weighted by atomic mass is 10.9. The fourth-order valence-corrected chi connectivity index (χ4v) is 0.679. The molecule has 1 N–H and O–H groups in total. The van der Waals surface area contributed by atoms with Crippen molar-refractivity contribution in [2.45, 2.75) is 0 Å². The molecule has 2 nitrogen and oxygen atoms in total. The zero-order chi connectivity index (χ0) is 5.11. The van der Waals surface area contributed by atoms with E-state index in [9.17, 15) is 0 Å². The van der Waals surface area contributed by atoms with E-state index in [1.54, 1.807) is 11.6 Å². The summed E-state index contributed by atoms with van der Waals surface area (Å²) in [6.07, 6.45) is 3.19. The summed E-state index contributed by atoms with van der Waals surface area (Å²) < 4.78 is 0.502. The Morgan fingerprint density at radius 3 is 2.86 bits per heavy atom. The maximum absolute atomic E-state index is 6.95. The first-order chi connectivity index (χ1) is 3.39. The van der Waals surface area contributed by atoms with Gasteiger partial charge in [0, 0.05) is 11.6 Å². The monoisotopic (exact) mass is 112 g/mol. The first-order valence-electron chi connectivity index (χ1n) is 1.83. The van der Waals surface area contributed by atoms with E-state index in [0.29, 0.717) is 4.67 Å². The van der Waals surface area contributed by atoms with E-state index in [1.807, 2.05) is 0 Å². The van der Waals surface area contributed by atoms with Gasteiger partial charge in [-0.25, -0.2) is 0 Å². The molecule has 0 radical (unpaired) electrons. The third-order valence-electron chi connectivity index (χ3n) is 0.534. The largest absolute Gasteiger partial charge is 0.289 e. The highest BCUT2D eigenvalue weighted by atomic mass is 32.1. The van der Waals surface area contributed by atoms with Gasteiger partial charge in [0.15, 0.2) is 0 Å². The van der Waals surface area contributed by atoms with E-state index in [-0.39, 0.29) is 0 Å². The smallest absolute Gasteiger partial charge is 0.126 e. The molecule has 1 heterocycles. The predicted octanol–water partition coefficient (Wildman–Crippen LogP) is 0.623. The van der Waals surface area contributed by atoms with Gasteiger partial charge in [0.25, 0.3) is 0 Å². The molecule has 1 rings (SSSR count). The third-order valence-corrected chi connectivity index (χ3v) is 1.15. The zero-order valence-electron chi connectivity index (χ0n) is 3.59. The molecule has 7 heavy (non-hydrogen) atoms. The summed E-state index contributed by atoms with van der Waals surface area (Å²) >= 11 is 1.37. The van der Waals surface area contributed by atoms with Gasteiger partial charge >= 0.3 is 0 Å².